The van der Waals surface area contributed by atoms with Crippen LogP contribution in [0.1, 0.15) is 22.6 Å². The van der Waals surface area contributed by atoms with Crippen molar-refractivity contribution in [1.29, 1.82) is 0 Å². The van der Waals surface area contributed by atoms with Crippen molar-refractivity contribution in [2.75, 3.05) is 11.5 Å². The van der Waals surface area contributed by atoms with Crippen molar-refractivity contribution >= 4 is 45.9 Å². The molecule has 0 amide bonds. The van der Waals surface area contributed by atoms with Crippen LogP contribution in [0, 0.1) is 0 Å². The molecule has 4 aromatic carbocycles. The maximum atomic E-state index is 6.47. The normalized spacial score (nSPS) is 17.2. The van der Waals surface area contributed by atoms with E-state index < -0.39 is 0 Å². The molecule has 136 valence electrons. The predicted molar refractivity (Wildman–Crippen MR) is 123 cm³/mol. The topological polar surface area (TPSA) is 0 Å². The summed E-state index contributed by atoms with van der Waals surface area (Å²) in [6.45, 7) is 0. The van der Waals surface area contributed by atoms with Crippen LogP contribution in [-0.4, -0.2) is 11.5 Å². The Hall–Kier alpha value is -1.87. The number of fused-ring (bicyclic) bond motifs is 8. The predicted octanol–water partition coefficient (Wildman–Crippen LogP) is 7.85. The summed E-state index contributed by atoms with van der Waals surface area (Å²) >= 11 is 10.5. The Labute approximate surface area is 178 Å². The molecule has 2 aliphatic rings. The van der Waals surface area contributed by atoms with Gasteiger partial charge in [0.05, 0.1) is 0 Å². The van der Waals surface area contributed by atoms with Gasteiger partial charge in [-0.2, -0.15) is 0 Å². The lowest BCUT2D eigenvalue weighted by atomic mass is 9.87. The van der Waals surface area contributed by atoms with Gasteiger partial charge in [-0.3, -0.25) is 0 Å². The molecule has 1 unspecified atom stereocenters. The molecular formula is C25H17ClS2. The molecule has 3 heteroatoms. The van der Waals surface area contributed by atoms with Crippen molar-refractivity contribution in [1.82, 2.24) is 0 Å². The van der Waals surface area contributed by atoms with E-state index in [2.05, 4.69) is 66.7 Å². The molecule has 0 spiro atoms. The maximum absolute atomic E-state index is 6.47. The summed E-state index contributed by atoms with van der Waals surface area (Å²) in [6, 6.07) is 26.3. The molecule has 0 radical (unpaired) electrons. The van der Waals surface area contributed by atoms with Crippen LogP contribution in [-0.2, 0) is 0 Å². The summed E-state index contributed by atoms with van der Waals surface area (Å²) in [7, 11) is 0. The van der Waals surface area contributed by atoms with Gasteiger partial charge in [-0.25, -0.2) is 0 Å². The van der Waals surface area contributed by atoms with Crippen molar-refractivity contribution in [2.45, 2.75) is 15.7 Å². The fourth-order valence-electron chi connectivity index (χ4n) is 4.69. The number of hydrogen-bond donors (Lipinski definition) is 0. The van der Waals surface area contributed by atoms with Crippen LogP contribution in [0.5, 0.6) is 0 Å². The zero-order chi connectivity index (χ0) is 18.7. The molecule has 1 atom stereocenters. The molecule has 6 rings (SSSR count). The molecule has 4 aromatic rings. The van der Waals surface area contributed by atoms with Crippen LogP contribution in [0.4, 0.5) is 0 Å². The van der Waals surface area contributed by atoms with Crippen LogP contribution in [0.25, 0.3) is 21.9 Å². The van der Waals surface area contributed by atoms with Crippen molar-refractivity contribution in [3.63, 3.8) is 0 Å². The quantitative estimate of drug-likeness (QED) is 0.273. The molecule has 28 heavy (non-hydrogen) atoms. The highest BCUT2D eigenvalue weighted by molar-refractivity contribution is 8.05. The van der Waals surface area contributed by atoms with E-state index in [0.29, 0.717) is 0 Å². The molecule has 1 aliphatic heterocycles. The maximum Gasteiger partial charge on any atom is 0.0412 e. The van der Waals surface area contributed by atoms with Crippen molar-refractivity contribution in [3.8, 4) is 11.1 Å². The van der Waals surface area contributed by atoms with Crippen LogP contribution in [0.2, 0.25) is 5.02 Å². The van der Waals surface area contributed by atoms with E-state index in [9.17, 15) is 0 Å². The summed E-state index contributed by atoms with van der Waals surface area (Å²) in [5.74, 6) is 2.59. The van der Waals surface area contributed by atoms with E-state index in [4.69, 9.17) is 11.6 Å². The number of halogens is 1. The van der Waals surface area contributed by atoms with Gasteiger partial charge in [0.1, 0.15) is 0 Å². The van der Waals surface area contributed by atoms with E-state index in [1.54, 1.807) is 0 Å². The molecule has 0 saturated carbocycles. The highest BCUT2D eigenvalue weighted by atomic mass is 35.5. The van der Waals surface area contributed by atoms with E-state index in [-0.39, 0.29) is 5.92 Å². The average molecular weight is 417 g/mol. The number of benzene rings is 4. The molecule has 0 N–H and O–H groups in total. The van der Waals surface area contributed by atoms with Gasteiger partial charge in [0.15, 0.2) is 0 Å². The zero-order valence-corrected chi connectivity index (χ0v) is 17.5. The molecular weight excluding hydrogens is 400 g/mol. The van der Waals surface area contributed by atoms with Crippen molar-refractivity contribution < 1.29 is 0 Å². The smallest absolute Gasteiger partial charge is 0.0412 e. The number of hydrogen-bond acceptors (Lipinski definition) is 2. The third-order valence-corrected chi connectivity index (χ3v) is 8.61. The van der Waals surface area contributed by atoms with Crippen molar-refractivity contribution in [3.05, 3.63) is 94.5 Å². The van der Waals surface area contributed by atoms with Gasteiger partial charge >= 0.3 is 0 Å². The zero-order valence-electron chi connectivity index (χ0n) is 15.1. The van der Waals surface area contributed by atoms with E-state index >= 15 is 0 Å². The first kappa shape index (κ1) is 17.0. The number of rotatable bonds is 1. The van der Waals surface area contributed by atoms with Gasteiger partial charge in [-0.05, 0) is 45.2 Å². The minimum Gasteiger partial charge on any atom is -0.123 e. The summed E-state index contributed by atoms with van der Waals surface area (Å²) in [5.41, 5.74) is 6.90. The fourth-order valence-corrected chi connectivity index (χ4v) is 7.46. The van der Waals surface area contributed by atoms with E-state index in [1.165, 1.54) is 54.1 Å². The fraction of sp³-hybridized carbons (Fsp3) is 0.120. The summed E-state index contributed by atoms with van der Waals surface area (Å²) in [5, 5.41) is 3.59. The lowest BCUT2D eigenvalue weighted by Gasteiger charge is -2.23. The molecule has 1 aliphatic carbocycles. The third kappa shape index (κ3) is 2.41. The minimum absolute atomic E-state index is 0.256. The Morgan fingerprint density at radius 3 is 2.29 bits per heavy atom. The lowest BCUT2D eigenvalue weighted by molar-refractivity contribution is 1.02. The monoisotopic (exact) mass is 416 g/mol. The Balaban J connectivity index is 1.80. The highest BCUT2D eigenvalue weighted by Gasteiger charge is 2.36. The molecule has 0 saturated heterocycles. The molecule has 0 aromatic heterocycles. The van der Waals surface area contributed by atoms with Gasteiger partial charge in [0, 0.05) is 37.8 Å². The van der Waals surface area contributed by atoms with Crippen LogP contribution in [0.3, 0.4) is 0 Å². The van der Waals surface area contributed by atoms with Gasteiger partial charge in [-0.15, -0.1) is 23.5 Å². The van der Waals surface area contributed by atoms with E-state index in [1.807, 2.05) is 29.6 Å². The van der Waals surface area contributed by atoms with Gasteiger partial charge in [0.25, 0.3) is 0 Å². The van der Waals surface area contributed by atoms with Crippen LogP contribution >= 0.6 is 35.1 Å². The van der Waals surface area contributed by atoms with Crippen molar-refractivity contribution in [2.24, 2.45) is 0 Å². The van der Waals surface area contributed by atoms with E-state index in [0.717, 1.165) is 10.8 Å². The molecule has 1 heterocycles. The Morgan fingerprint density at radius 1 is 0.750 bits per heavy atom. The first-order valence-corrected chi connectivity index (χ1v) is 11.9. The lowest BCUT2D eigenvalue weighted by Crippen LogP contribution is -2.02. The average Bonchev–Trinajstić information content (AvgIpc) is 3.09. The summed E-state index contributed by atoms with van der Waals surface area (Å²) < 4.78 is 0. The van der Waals surface area contributed by atoms with Crippen LogP contribution < -0.4 is 0 Å². The summed E-state index contributed by atoms with van der Waals surface area (Å²) in [6.07, 6.45) is 0. The van der Waals surface area contributed by atoms with Gasteiger partial charge in [0.2, 0.25) is 0 Å². The number of thioether (sulfide) groups is 2. The van der Waals surface area contributed by atoms with Crippen LogP contribution in [0.15, 0.2) is 82.6 Å². The molecule has 0 nitrogen and oxygen atoms in total. The summed E-state index contributed by atoms with van der Waals surface area (Å²) in [4.78, 5) is 2.90. The largest absolute Gasteiger partial charge is 0.123 e. The Morgan fingerprint density at radius 2 is 1.46 bits per heavy atom. The second kappa shape index (κ2) is 6.59. The second-order valence-corrected chi connectivity index (χ2v) is 9.91. The van der Waals surface area contributed by atoms with Gasteiger partial charge in [-0.1, -0.05) is 72.3 Å². The highest BCUT2D eigenvalue weighted by Crippen LogP contribution is 2.58. The minimum atomic E-state index is 0.256. The SMILES string of the molecule is Clc1ccc2c(c1)-c1c3c(c4ccccc4c1C2c1ccccc1)SCCS3. The molecule has 0 fully saturated rings. The second-order valence-electron chi connectivity index (χ2n) is 7.26. The molecule has 0 bridgehead atoms. The van der Waals surface area contributed by atoms with Gasteiger partial charge < -0.3 is 0 Å². The standard InChI is InChI=1S/C25H17ClS2/c26-16-10-11-18-20(14-16)23-22(21(18)15-6-2-1-3-7-15)17-8-4-5-9-19(17)24-25(23)28-13-12-27-24/h1-11,14,21H,12-13H2. The Bertz CT molecular complexity index is 1230. The third-order valence-electron chi connectivity index (χ3n) is 5.76. The first-order valence-electron chi connectivity index (χ1n) is 9.52. The first-order chi connectivity index (χ1) is 13.8. The Kier molecular flexibility index (Phi) is 4.01.